The Morgan fingerprint density at radius 3 is 2.50 bits per heavy atom. The molecule has 0 fully saturated rings. The standard InChI is InChI=1S/C7H4ClF2N3O2S/c8-16(14,15)4-1-3(2-11)5(6(9)10)7(12)13-4/h1,6H,(H2,12,13). The number of nitrogens with zero attached hydrogens (tertiary/aromatic N) is 2. The van der Waals surface area contributed by atoms with Gasteiger partial charge in [-0.2, -0.15) is 5.26 Å². The van der Waals surface area contributed by atoms with E-state index in [-0.39, 0.29) is 0 Å². The van der Waals surface area contributed by atoms with Crippen molar-refractivity contribution in [2.24, 2.45) is 0 Å². The van der Waals surface area contributed by atoms with Crippen LogP contribution in [0.15, 0.2) is 11.1 Å². The van der Waals surface area contributed by atoms with Gasteiger partial charge in [-0.1, -0.05) is 0 Å². The monoisotopic (exact) mass is 267 g/mol. The fraction of sp³-hybridized carbons (Fsp3) is 0.143. The van der Waals surface area contributed by atoms with Crippen LogP contribution < -0.4 is 5.73 Å². The van der Waals surface area contributed by atoms with Crippen LogP contribution in [0.25, 0.3) is 0 Å². The molecule has 0 amide bonds. The van der Waals surface area contributed by atoms with Gasteiger partial charge in [-0.3, -0.25) is 0 Å². The second kappa shape index (κ2) is 4.19. The number of nitriles is 1. The van der Waals surface area contributed by atoms with E-state index in [0.29, 0.717) is 6.07 Å². The predicted octanol–water partition coefficient (Wildman–Crippen LogP) is 1.40. The van der Waals surface area contributed by atoms with Crippen molar-refractivity contribution in [1.29, 1.82) is 5.26 Å². The van der Waals surface area contributed by atoms with Crippen LogP contribution in [-0.2, 0) is 9.05 Å². The van der Waals surface area contributed by atoms with Crippen molar-refractivity contribution >= 4 is 25.6 Å². The average molecular weight is 268 g/mol. The number of aromatic nitrogens is 1. The predicted molar refractivity (Wildman–Crippen MR) is 51.4 cm³/mol. The molecule has 0 aliphatic rings. The van der Waals surface area contributed by atoms with E-state index in [1.54, 1.807) is 0 Å². The molecule has 0 bridgehead atoms. The first-order valence-electron chi connectivity index (χ1n) is 3.70. The number of hydrogen-bond acceptors (Lipinski definition) is 5. The minimum Gasteiger partial charge on any atom is -0.383 e. The Bertz CT molecular complexity index is 568. The Kier molecular flexibility index (Phi) is 3.30. The Morgan fingerprint density at radius 2 is 2.12 bits per heavy atom. The third-order valence-electron chi connectivity index (χ3n) is 1.65. The van der Waals surface area contributed by atoms with Crippen molar-refractivity contribution in [2.75, 3.05) is 5.73 Å². The van der Waals surface area contributed by atoms with Gasteiger partial charge in [0.1, 0.15) is 5.82 Å². The van der Waals surface area contributed by atoms with Crippen LogP contribution in [0.5, 0.6) is 0 Å². The first-order chi connectivity index (χ1) is 7.27. The Hall–Kier alpha value is -1.46. The Morgan fingerprint density at radius 1 is 1.56 bits per heavy atom. The summed E-state index contributed by atoms with van der Waals surface area (Å²) in [5.41, 5.74) is 3.76. The molecule has 2 N–H and O–H groups in total. The Labute approximate surface area is 93.9 Å². The molecule has 0 atom stereocenters. The molecule has 0 aromatic carbocycles. The van der Waals surface area contributed by atoms with E-state index < -0.39 is 37.4 Å². The van der Waals surface area contributed by atoms with Crippen molar-refractivity contribution < 1.29 is 17.2 Å². The SMILES string of the molecule is N#Cc1cc(S(=O)(=O)Cl)nc(N)c1C(F)F. The van der Waals surface area contributed by atoms with Gasteiger partial charge in [0.15, 0.2) is 5.03 Å². The Balaban J connectivity index is 3.59. The summed E-state index contributed by atoms with van der Waals surface area (Å²) in [7, 11) is 0.733. The molecule has 1 aromatic rings. The number of rotatable bonds is 2. The van der Waals surface area contributed by atoms with Crippen LogP contribution in [0.4, 0.5) is 14.6 Å². The van der Waals surface area contributed by atoms with Crippen LogP contribution in [0, 0.1) is 11.3 Å². The van der Waals surface area contributed by atoms with Gasteiger partial charge in [0.05, 0.1) is 17.2 Å². The van der Waals surface area contributed by atoms with E-state index in [0.717, 1.165) is 0 Å². The molecule has 0 aliphatic carbocycles. The molecule has 16 heavy (non-hydrogen) atoms. The van der Waals surface area contributed by atoms with Gasteiger partial charge in [-0.25, -0.2) is 22.2 Å². The number of alkyl halides is 2. The molecule has 0 radical (unpaired) electrons. The maximum absolute atomic E-state index is 12.5. The molecule has 0 aliphatic heterocycles. The van der Waals surface area contributed by atoms with Gasteiger partial charge < -0.3 is 5.73 Å². The second-order valence-corrected chi connectivity index (χ2v) is 5.17. The minimum atomic E-state index is -4.22. The van der Waals surface area contributed by atoms with Gasteiger partial charge in [-0.15, -0.1) is 0 Å². The topological polar surface area (TPSA) is 96.8 Å². The molecule has 0 saturated heterocycles. The third kappa shape index (κ3) is 2.37. The van der Waals surface area contributed by atoms with Gasteiger partial charge in [0.25, 0.3) is 15.5 Å². The van der Waals surface area contributed by atoms with Crippen LogP contribution >= 0.6 is 10.7 Å². The fourth-order valence-corrected chi connectivity index (χ4v) is 1.70. The van der Waals surface area contributed by atoms with Gasteiger partial charge >= 0.3 is 0 Å². The van der Waals surface area contributed by atoms with E-state index in [9.17, 15) is 17.2 Å². The highest BCUT2D eigenvalue weighted by Gasteiger charge is 2.23. The molecule has 1 aromatic heterocycles. The molecule has 5 nitrogen and oxygen atoms in total. The lowest BCUT2D eigenvalue weighted by atomic mass is 10.1. The van der Waals surface area contributed by atoms with E-state index in [1.807, 2.05) is 0 Å². The zero-order chi connectivity index (χ0) is 12.5. The molecule has 0 spiro atoms. The van der Waals surface area contributed by atoms with E-state index in [2.05, 4.69) is 4.98 Å². The first kappa shape index (κ1) is 12.6. The molecule has 1 rings (SSSR count). The number of anilines is 1. The maximum Gasteiger partial charge on any atom is 0.278 e. The van der Waals surface area contributed by atoms with Gasteiger partial charge in [-0.05, 0) is 6.07 Å². The highest BCUT2D eigenvalue weighted by molar-refractivity contribution is 8.13. The smallest absolute Gasteiger partial charge is 0.278 e. The van der Waals surface area contributed by atoms with Crippen molar-refractivity contribution in [3.63, 3.8) is 0 Å². The highest BCUT2D eigenvalue weighted by atomic mass is 35.7. The molecule has 86 valence electrons. The van der Waals surface area contributed by atoms with Crippen LogP contribution in [0.1, 0.15) is 17.6 Å². The van der Waals surface area contributed by atoms with Crippen LogP contribution in [0.3, 0.4) is 0 Å². The summed E-state index contributed by atoms with van der Waals surface area (Å²) in [6.45, 7) is 0. The van der Waals surface area contributed by atoms with Crippen molar-refractivity contribution in [3.05, 3.63) is 17.2 Å². The largest absolute Gasteiger partial charge is 0.383 e. The van der Waals surface area contributed by atoms with Gasteiger partial charge in [0, 0.05) is 10.7 Å². The molecular weight excluding hydrogens is 264 g/mol. The number of halogens is 3. The first-order valence-corrected chi connectivity index (χ1v) is 6.01. The fourth-order valence-electron chi connectivity index (χ4n) is 0.997. The summed E-state index contributed by atoms with van der Waals surface area (Å²) in [4.78, 5) is 3.20. The third-order valence-corrected chi connectivity index (χ3v) is 2.84. The van der Waals surface area contributed by atoms with Crippen molar-refractivity contribution in [1.82, 2.24) is 4.98 Å². The zero-order valence-electron chi connectivity index (χ0n) is 7.49. The van der Waals surface area contributed by atoms with Crippen molar-refractivity contribution in [2.45, 2.75) is 11.5 Å². The number of pyridine rings is 1. The molecule has 0 unspecified atom stereocenters. The van der Waals surface area contributed by atoms with Crippen LogP contribution in [-0.4, -0.2) is 13.4 Å². The van der Waals surface area contributed by atoms with E-state index in [1.165, 1.54) is 6.07 Å². The molecule has 1 heterocycles. The zero-order valence-corrected chi connectivity index (χ0v) is 9.06. The normalized spacial score (nSPS) is 11.4. The van der Waals surface area contributed by atoms with Crippen LogP contribution in [0.2, 0.25) is 0 Å². The molecular formula is C7H4ClF2N3O2S. The van der Waals surface area contributed by atoms with Crippen molar-refractivity contribution in [3.8, 4) is 6.07 Å². The average Bonchev–Trinajstić information content (AvgIpc) is 2.14. The van der Waals surface area contributed by atoms with E-state index >= 15 is 0 Å². The lowest BCUT2D eigenvalue weighted by Crippen LogP contribution is -2.06. The lowest BCUT2D eigenvalue weighted by molar-refractivity contribution is 0.151. The summed E-state index contributed by atoms with van der Waals surface area (Å²) in [6.07, 6.45) is -3.02. The highest BCUT2D eigenvalue weighted by Crippen LogP contribution is 2.29. The quantitative estimate of drug-likeness (QED) is 0.817. The summed E-state index contributed by atoms with van der Waals surface area (Å²) in [5, 5.41) is 7.85. The summed E-state index contributed by atoms with van der Waals surface area (Å²) in [6, 6.07) is 2.06. The number of nitrogens with two attached hydrogens (primary N) is 1. The summed E-state index contributed by atoms with van der Waals surface area (Å²) in [5.74, 6) is -0.728. The second-order valence-electron chi connectivity index (χ2n) is 2.66. The molecule has 9 heteroatoms. The summed E-state index contributed by atoms with van der Waals surface area (Å²) >= 11 is 0. The minimum absolute atomic E-state index is 0.568. The summed E-state index contributed by atoms with van der Waals surface area (Å²) < 4.78 is 46.7. The van der Waals surface area contributed by atoms with E-state index in [4.69, 9.17) is 21.7 Å². The lowest BCUT2D eigenvalue weighted by Gasteiger charge is -2.07. The number of hydrogen-bond donors (Lipinski definition) is 1. The number of nitrogen functional groups attached to an aromatic ring is 1. The maximum atomic E-state index is 12.5. The van der Waals surface area contributed by atoms with Gasteiger partial charge in [0.2, 0.25) is 0 Å². The molecule has 0 saturated carbocycles.